The van der Waals surface area contributed by atoms with Gasteiger partial charge in [-0.25, -0.2) is 9.36 Å². The van der Waals surface area contributed by atoms with E-state index in [0.29, 0.717) is 19.4 Å². The van der Waals surface area contributed by atoms with E-state index < -0.39 is 30.1 Å². The zero-order valence-electron chi connectivity index (χ0n) is 43.1. The van der Waals surface area contributed by atoms with Gasteiger partial charge in [0.25, 0.3) is 0 Å². The summed E-state index contributed by atoms with van der Waals surface area (Å²) in [5.74, 6) is -4.46. The summed E-state index contributed by atoms with van der Waals surface area (Å²) in [4.78, 5) is 67.5. The van der Waals surface area contributed by atoms with Gasteiger partial charge in [-0.15, -0.1) is 0 Å². The average Bonchev–Trinajstić information content (AvgIpc) is 3.40. The lowest BCUT2D eigenvalue weighted by Crippen LogP contribution is -2.48. The number of benzene rings is 4. The second-order valence-electron chi connectivity index (χ2n) is 19.1. The largest absolute Gasteiger partial charge is 0.542 e. The quantitative estimate of drug-likeness (QED) is 0.0210. The van der Waals surface area contributed by atoms with Crippen LogP contribution in [0.4, 0.5) is 23.7 Å². The number of guanidine groups is 1. The van der Waals surface area contributed by atoms with E-state index in [-0.39, 0.29) is 43.2 Å². The number of hydrogen-bond acceptors (Lipinski definition) is 8. The Balaban J connectivity index is 0.00000125. The van der Waals surface area contributed by atoms with Gasteiger partial charge in [0.2, 0.25) is 17.7 Å². The van der Waals surface area contributed by atoms with Crippen LogP contribution in [0, 0.1) is 13.8 Å². The van der Waals surface area contributed by atoms with E-state index in [9.17, 15) is 32.3 Å². The van der Waals surface area contributed by atoms with E-state index in [0.717, 1.165) is 48.1 Å². The molecule has 0 fully saturated rings. The van der Waals surface area contributed by atoms with Crippen LogP contribution in [0.25, 0.3) is 12.2 Å². The number of pyridine rings is 1. The maximum absolute atomic E-state index is 14.1. The van der Waals surface area contributed by atoms with Gasteiger partial charge in [-0.3, -0.25) is 24.7 Å². The second-order valence-corrected chi connectivity index (χ2v) is 19.1. The SMILES string of the molecule is Cc1cc(/C=C/c2cc3c4c(c2)CCCN4CCC3)cc(C)[n+]1CCCCCC(=O)NC(N)=NCCC[C@@H](NC(=O)C(c1ccccc1)c1ccccc1)C(=O)NCc1ccc(CNC(N)=O)cc1.O=C([O-])C(F)(F)F. The number of anilines is 1. The van der Waals surface area contributed by atoms with E-state index >= 15 is 0 Å². The Morgan fingerprint density at radius 2 is 1.25 bits per heavy atom. The molecule has 15 nitrogen and oxygen atoms in total. The highest BCUT2D eigenvalue weighted by molar-refractivity contribution is 5.96. The van der Waals surface area contributed by atoms with Crippen molar-refractivity contribution in [3.63, 3.8) is 0 Å². The molecule has 0 saturated carbocycles. The van der Waals surface area contributed by atoms with Crippen molar-refractivity contribution in [3.05, 3.63) is 165 Å². The fourth-order valence-corrected chi connectivity index (χ4v) is 9.58. The number of aliphatic carboxylic acids is 1. The number of aliphatic imine (C=N–C) groups is 1. The molecule has 3 heterocycles. The highest BCUT2D eigenvalue weighted by Crippen LogP contribution is 2.36. The number of primary amides is 1. The first-order valence-corrected chi connectivity index (χ1v) is 25.7. The number of halogens is 3. The minimum atomic E-state index is -5.19. The van der Waals surface area contributed by atoms with Gasteiger partial charge >= 0.3 is 12.2 Å². The van der Waals surface area contributed by atoms with Crippen molar-refractivity contribution in [1.29, 1.82) is 0 Å². The molecule has 7 rings (SSSR count). The number of nitrogens with one attached hydrogen (secondary N) is 4. The number of unbranched alkanes of at least 4 members (excludes halogenated alkanes) is 2. The number of carboxylic acids is 1. The smallest absolute Gasteiger partial charge is 0.430 e. The molecule has 18 heteroatoms. The summed E-state index contributed by atoms with van der Waals surface area (Å²) < 4.78 is 33.9. The molecule has 1 aromatic heterocycles. The van der Waals surface area contributed by atoms with Crippen LogP contribution in [0.15, 0.2) is 114 Å². The van der Waals surface area contributed by atoms with Crippen molar-refractivity contribution in [3.8, 4) is 0 Å². The number of carbonyl (C=O) groups excluding carboxylic acids is 5. The Labute approximate surface area is 442 Å². The molecule has 0 spiro atoms. The summed E-state index contributed by atoms with van der Waals surface area (Å²) in [5, 5.41) is 20.1. The first-order chi connectivity index (χ1) is 36.4. The first kappa shape index (κ1) is 57.3. The molecule has 5 amide bonds. The number of aryl methyl sites for hydroxylation is 4. The predicted octanol–water partition coefficient (Wildman–Crippen LogP) is 6.33. The highest BCUT2D eigenvalue weighted by Gasteiger charge is 2.30. The van der Waals surface area contributed by atoms with Gasteiger partial charge in [0.1, 0.15) is 18.6 Å². The Morgan fingerprint density at radius 3 is 1.78 bits per heavy atom. The van der Waals surface area contributed by atoms with Crippen molar-refractivity contribution in [1.82, 2.24) is 21.3 Å². The second kappa shape index (κ2) is 28.0. The van der Waals surface area contributed by atoms with Crippen LogP contribution < -0.4 is 47.3 Å². The highest BCUT2D eigenvalue weighted by atomic mass is 19.4. The Bertz CT molecular complexity index is 2750. The van der Waals surface area contributed by atoms with Crippen molar-refractivity contribution in [2.24, 2.45) is 16.5 Å². The lowest BCUT2D eigenvalue weighted by molar-refractivity contribution is -0.709. The number of rotatable bonds is 21. The van der Waals surface area contributed by atoms with Crippen molar-refractivity contribution in [2.75, 3.05) is 24.5 Å². The molecular weight excluding hydrogens is 976 g/mol. The van der Waals surface area contributed by atoms with E-state index in [1.807, 2.05) is 84.9 Å². The Hall–Kier alpha value is -8.02. The number of carbonyl (C=O) groups is 5. The molecule has 1 atom stereocenters. The maximum Gasteiger partial charge on any atom is 0.430 e. The van der Waals surface area contributed by atoms with Crippen LogP contribution >= 0.6 is 0 Å². The molecule has 0 unspecified atom stereocenters. The van der Waals surface area contributed by atoms with Crippen LogP contribution in [-0.2, 0) is 51.7 Å². The number of alkyl halides is 3. The van der Waals surface area contributed by atoms with Gasteiger partial charge in [0.05, 0.1) is 5.92 Å². The summed E-state index contributed by atoms with van der Waals surface area (Å²) in [7, 11) is 0. The predicted molar refractivity (Wildman–Crippen MR) is 285 cm³/mol. The molecule has 0 saturated heterocycles. The fourth-order valence-electron chi connectivity index (χ4n) is 9.58. The number of nitrogens with two attached hydrogens (primary N) is 2. The topological polar surface area (TPSA) is 228 Å². The van der Waals surface area contributed by atoms with E-state index in [1.165, 1.54) is 78.1 Å². The molecule has 0 aliphatic carbocycles. The summed E-state index contributed by atoms with van der Waals surface area (Å²) in [6.45, 7) is 8.33. The zero-order valence-corrected chi connectivity index (χ0v) is 43.1. The number of carboxylic acid groups (broad SMARTS) is 1. The number of hydrogen-bond donors (Lipinski definition) is 6. The van der Waals surface area contributed by atoms with Gasteiger partial charge < -0.3 is 42.2 Å². The lowest BCUT2D eigenvalue weighted by Gasteiger charge is -2.37. The van der Waals surface area contributed by atoms with Crippen molar-refractivity contribution >= 4 is 53.5 Å². The summed E-state index contributed by atoms with van der Waals surface area (Å²) in [6.07, 6.45) is 7.69. The summed E-state index contributed by atoms with van der Waals surface area (Å²) in [5.41, 5.74) is 24.1. The molecule has 0 radical (unpaired) electrons. The van der Waals surface area contributed by atoms with Gasteiger partial charge in [0, 0.05) is 77.2 Å². The van der Waals surface area contributed by atoms with Crippen molar-refractivity contribution in [2.45, 2.75) is 116 Å². The van der Waals surface area contributed by atoms with E-state index in [2.05, 4.69) is 86.0 Å². The third-order valence-corrected chi connectivity index (χ3v) is 13.3. The zero-order chi connectivity index (χ0) is 54.6. The Morgan fingerprint density at radius 1 is 0.724 bits per heavy atom. The van der Waals surface area contributed by atoms with Crippen LogP contribution in [0.2, 0.25) is 0 Å². The number of amides is 5. The molecule has 8 N–H and O–H groups in total. The van der Waals surface area contributed by atoms with Crippen molar-refractivity contribution < 1.29 is 46.8 Å². The molecule has 402 valence electrons. The summed E-state index contributed by atoms with van der Waals surface area (Å²) >= 11 is 0. The number of nitrogens with zero attached hydrogens (tertiary/aromatic N) is 3. The molecule has 2 aliphatic heterocycles. The first-order valence-electron chi connectivity index (χ1n) is 25.7. The minimum absolute atomic E-state index is 0.0246. The molecule has 2 aliphatic rings. The van der Waals surface area contributed by atoms with Gasteiger partial charge in [-0.1, -0.05) is 97.1 Å². The maximum atomic E-state index is 14.1. The molecular formula is C58H68F3N9O6. The fraction of sp³-hybridized carbons (Fsp3) is 0.362. The van der Waals surface area contributed by atoms with Gasteiger partial charge in [-0.2, -0.15) is 13.2 Å². The van der Waals surface area contributed by atoms with Gasteiger partial charge in [-0.05, 0) is 108 Å². The average molecular weight is 1040 g/mol. The van der Waals surface area contributed by atoms with Crippen LogP contribution in [-0.4, -0.2) is 67.5 Å². The van der Waals surface area contributed by atoms with E-state index in [1.54, 1.807) is 0 Å². The molecule has 4 aromatic carbocycles. The molecule has 0 bridgehead atoms. The Kier molecular flexibility index (Phi) is 21.1. The lowest BCUT2D eigenvalue weighted by atomic mass is 9.90. The minimum Gasteiger partial charge on any atom is -0.542 e. The van der Waals surface area contributed by atoms with E-state index in [4.69, 9.17) is 21.4 Å². The third-order valence-electron chi connectivity index (χ3n) is 13.3. The number of urea groups is 1. The molecule has 76 heavy (non-hydrogen) atoms. The number of aromatic nitrogens is 1. The monoisotopic (exact) mass is 1040 g/mol. The summed E-state index contributed by atoms with van der Waals surface area (Å²) in [6, 6.07) is 34.1. The standard InChI is InChI=1S/C56H67N9O4.C2HF3O2/c1-39-33-43(27-28-44-35-47-19-13-30-64-31-14-20-48(36-44)52(47)64)34-40(2)65(39)32-11-5-10-22-50(66)63-55(57)59-29-12-21-49(53(67)60-37-41-23-25-42(26-24-41)38-61-56(58)69)62-54(68)51(45-15-6-3-7-16-45)46-17-8-4-9-18-46;3-2(4,5)1(6)7/h3-4,6-9,15-18,23-28,33-36,49,51H,5,10-14,19-22,29-32,37-38H2,1-2H3,(H7-,57,58,59,60,61,62,63,66,67,68,69);(H,6,7)/t49-;/m1./s1. The molecule has 5 aromatic rings. The third kappa shape index (κ3) is 17.6. The van der Waals surface area contributed by atoms with Crippen LogP contribution in [0.3, 0.4) is 0 Å². The van der Waals surface area contributed by atoms with Crippen LogP contribution in [0.1, 0.15) is 113 Å². The van der Waals surface area contributed by atoms with Crippen LogP contribution in [0.5, 0.6) is 0 Å². The normalized spacial score (nSPS) is 13.5. The van der Waals surface area contributed by atoms with Gasteiger partial charge in [0.15, 0.2) is 17.3 Å².